The summed E-state index contributed by atoms with van der Waals surface area (Å²) in [5.74, 6) is 0.597. The van der Waals surface area contributed by atoms with Crippen LogP contribution < -0.4 is 0 Å². The van der Waals surface area contributed by atoms with Crippen molar-refractivity contribution in [1.82, 2.24) is 0 Å². The first-order chi connectivity index (χ1) is 8.85. The van der Waals surface area contributed by atoms with Crippen molar-refractivity contribution in [1.29, 1.82) is 0 Å². The van der Waals surface area contributed by atoms with Gasteiger partial charge in [0.1, 0.15) is 5.78 Å². The molecule has 2 saturated carbocycles. The van der Waals surface area contributed by atoms with Crippen LogP contribution in [0.3, 0.4) is 0 Å². The highest BCUT2D eigenvalue weighted by Gasteiger charge is 2.49. The Morgan fingerprint density at radius 2 is 1.95 bits per heavy atom. The zero-order chi connectivity index (χ0) is 14.2. The van der Waals surface area contributed by atoms with Crippen molar-refractivity contribution >= 4 is 11.8 Å². The molecular weight excluding hydrogens is 240 g/mol. The van der Waals surface area contributed by atoms with Crippen LogP contribution in [0.15, 0.2) is 0 Å². The number of carbonyl (C=O) groups is 2. The largest absolute Gasteiger partial charge is 0.469 e. The predicted octanol–water partition coefficient (Wildman–Crippen LogP) is 3.22. The Hall–Kier alpha value is -0.860. The number of esters is 1. The minimum Gasteiger partial charge on any atom is -0.469 e. The molecule has 108 valence electrons. The first kappa shape index (κ1) is 14.5. The normalized spacial score (nSPS) is 38.2. The Morgan fingerprint density at radius 3 is 2.58 bits per heavy atom. The van der Waals surface area contributed by atoms with Crippen LogP contribution in [0.2, 0.25) is 0 Å². The Labute approximate surface area is 116 Å². The number of hydrogen-bond acceptors (Lipinski definition) is 3. The molecule has 0 aromatic heterocycles. The predicted molar refractivity (Wildman–Crippen MR) is 73.5 cm³/mol. The van der Waals surface area contributed by atoms with Crippen molar-refractivity contribution in [3.8, 4) is 0 Å². The van der Waals surface area contributed by atoms with Gasteiger partial charge in [-0.1, -0.05) is 27.2 Å². The van der Waals surface area contributed by atoms with Gasteiger partial charge in [0.05, 0.1) is 13.0 Å². The van der Waals surface area contributed by atoms with Gasteiger partial charge in [0, 0.05) is 11.8 Å². The zero-order valence-electron chi connectivity index (χ0n) is 12.6. The summed E-state index contributed by atoms with van der Waals surface area (Å²) in [6.45, 7) is 6.47. The van der Waals surface area contributed by atoms with Gasteiger partial charge in [0.2, 0.25) is 0 Å². The second-order valence-electron chi connectivity index (χ2n) is 7.21. The molecule has 0 spiro atoms. The maximum absolute atomic E-state index is 12.6. The van der Waals surface area contributed by atoms with Crippen molar-refractivity contribution in [3.05, 3.63) is 0 Å². The third-order valence-electron chi connectivity index (χ3n) is 5.10. The fourth-order valence-corrected chi connectivity index (χ4v) is 4.15. The number of fused-ring (bicyclic) bond motifs is 1. The van der Waals surface area contributed by atoms with Crippen LogP contribution in [0.25, 0.3) is 0 Å². The number of ketones is 1. The summed E-state index contributed by atoms with van der Waals surface area (Å²) < 4.78 is 4.97. The Bertz CT molecular complexity index is 372. The maximum Gasteiger partial charge on any atom is 0.308 e. The number of methoxy groups -OCH3 is 1. The van der Waals surface area contributed by atoms with Gasteiger partial charge in [-0.25, -0.2) is 0 Å². The van der Waals surface area contributed by atoms with E-state index in [1.807, 2.05) is 6.92 Å². The summed E-state index contributed by atoms with van der Waals surface area (Å²) in [5, 5.41) is 0. The third kappa shape index (κ3) is 2.85. The van der Waals surface area contributed by atoms with Gasteiger partial charge in [-0.05, 0) is 37.0 Å². The molecule has 0 heterocycles. The minimum atomic E-state index is -0.116. The van der Waals surface area contributed by atoms with Crippen LogP contribution in [-0.2, 0) is 14.3 Å². The highest BCUT2D eigenvalue weighted by molar-refractivity contribution is 5.85. The monoisotopic (exact) mass is 266 g/mol. The quantitative estimate of drug-likeness (QED) is 0.684. The lowest BCUT2D eigenvalue weighted by molar-refractivity contribution is -0.149. The average molecular weight is 266 g/mol. The van der Waals surface area contributed by atoms with E-state index in [0.717, 1.165) is 32.1 Å². The van der Waals surface area contributed by atoms with E-state index in [1.54, 1.807) is 0 Å². The number of rotatable bonds is 1. The summed E-state index contributed by atoms with van der Waals surface area (Å²) in [7, 11) is 1.46. The van der Waals surface area contributed by atoms with Gasteiger partial charge in [-0.2, -0.15) is 0 Å². The number of ether oxygens (including phenoxy) is 1. The van der Waals surface area contributed by atoms with Crippen LogP contribution in [0.4, 0.5) is 0 Å². The summed E-state index contributed by atoms with van der Waals surface area (Å²) >= 11 is 0. The Kier molecular flexibility index (Phi) is 4.03. The van der Waals surface area contributed by atoms with E-state index in [4.69, 9.17) is 4.74 Å². The Morgan fingerprint density at radius 1 is 1.26 bits per heavy atom. The van der Waals surface area contributed by atoms with Gasteiger partial charge in [0.15, 0.2) is 0 Å². The SMILES string of the molecule is COC(=O)C1CCCC(C)C(=O)C2CC(C)(C)CC12. The second kappa shape index (κ2) is 5.26. The summed E-state index contributed by atoms with van der Waals surface area (Å²) in [6, 6.07) is 0. The molecule has 2 aliphatic rings. The molecule has 2 rings (SSSR count). The lowest BCUT2D eigenvalue weighted by Gasteiger charge is -2.30. The lowest BCUT2D eigenvalue weighted by atomic mass is 9.73. The van der Waals surface area contributed by atoms with Gasteiger partial charge in [-0.15, -0.1) is 0 Å². The molecule has 0 aromatic rings. The zero-order valence-corrected chi connectivity index (χ0v) is 12.6. The number of Topliss-reactive ketones (excluding diaryl/α,β-unsaturated/α-hetero) is 1. The van der Waals surface area contributed by atoms with Crippen LogP contribution >= 0.6 is 0 Å². The standard InChI is InChI=1S/C16H26O3/c1-10-6-5-7-11(15(18)19-4)12-8-16(2,3)9-13(12)14(10)17/h10-13H,5-9H2,1-4H3. The summed E-state index contributed by atoms with van der Waals surface area (Å²) in [5.41, 5.74) is 0.168. The van der Waals surface area contributed by atoms with Crippen LogP contribution in [-0.4, -0.2) is 18.9 Å². The maximum atomic E-state index is 12.6. The highest BCUT2D eigenvalue weighted by atomic mass is 16.5. The van der Waals surface area contributed by atoms with Crippen molar-refractivity contribution in [3.63, 3.8) is 0 Å². The van der Waals surface area contributed by atoms with E-state index in [2.05, 4.69) is 13.8 Å². The number of hydrogen-bond donors (Lipinski definition) is 0. The first-order valence-electron chi connectivity index (χ1n) is 7.47. The fraction of sp³-hybridized carbons (Fsp3) is 0.875. The average Bonchev–Trinajstić information content (AvgIpc) is 2.67. The molecule has 0 N–H and O–H groups in total. The molecule has 19 heavy (non-hydrogen) atoms. The molecule has 0 aliphatic heterocycles. The molecule has 0 radical (unpaired) electrons. The van der Waals surface area contributed by atoms with E-state index in [0.29, 0.717) is 5.78 Å². The van der Waals surface area contributed by atoms with Crippen molar-refractivity contribution in [2.75, 3.05) is 7.11 Å². The fourth-order valence-electron chi connectivity index (χ4n) is 4.15. The second-order valence-corrected chi connectivity index (χ2v) is 7.21. The molecule has 0 bridgehead atoms. The molecule has 0 aromatic carbocycles. The molecule has 4 atom stereocenters. The molecular formula is C16H26O3. The molecule has 0 saturated heterocycles. The molecule has 3 nitrogen and oxygen atoms in total. The van der Waals surface area contributed by atoms with Gasteiger partial charge in [-0.3, -0.25) is 9.59 Å². The smallest absolute Gasteiger partial charge is 0.308 e. The molecule has 4 unspecified atom stereocenters. The van der Waals surface area contributed by atoms with E-state index >= 15 is 0 Å². The molecule has 0 amide bonds. The molecule has 3 heteroatoms. The number of carbonyl (C=O) groups excluding carboxylic acids is 2. The Balaban J connectivity index is 2.29. The van der Waals surface area contributed by atoms with Crippen LogP contribution in [0, 0.1) is 29.1 Å². The van der Waals surface area contributed by atoms with Crippen molar-refractivity contribution < 1.29 is 14.3 Å². The van der Waals surface area contributed by atoms with Crippen LogP contribution in [0.1, 0.15) is 52.9 Å². The van der Waals surface area contributed by atoms with E-state index in [-0.39, 0.29) is 35.1 Å². The van der Waals surface area contributed by atoms with Gasteiger partial charge >= 0.3 is 5.97 Å². The van der Waals surface area contributed by atoms with Crippen LogP contribution in [0.5, 0.6) is 0 Å². The topological polar surface area (TPSA) is 43.4 Å². The van der Waals surface area contributed by atoms with Crippen molar-refractivity contribution in [2.24, 2.45) is 29.1 Å². The summed E-state index contributed by atoms with van der Waals surface area (Å²) in [6.07, 6.45) is 4.64. The molecule has 2 aliphatic carbocycles. The first-order valence-corrected chi connectivity index (χ1v) is 7.47. The van der Waals surface area contributed by atoms with E-state index < -0.39 is 0 Å². The lowest BCUT2D eigenvalue weighted by Crippen LogP contribution is -2.35. The third-order valence-corrected chi connectivity index (χ3v) is 5.10. The molecule has 2 fully saturated rings. The van der Waals surface area contributed by atoms with Gasteiger partial charge in [0.25, 0.3) is 0 Å². The van der Waals surface area contributed by atoms with Crippen molar-refractivity contribution in [2.45, 2.75) is 52.9 Å². The summed E-state index contributed by atoms with van der Waals surface area (Å²) in [4.78, 5) is 24.6. The highest BCUT2D eigenvalue weighted by Crippen LogP contribution is 2.51. The van der Waals surface area contributed by atoms with E-state index in [9.17, 15) is 9.59 Å². The van der Waals surface area contributed by atoms with Gasteiger partial charge < -0.3 is 4.74 Å². The van der Waals surface area contributed by atoms with E-state index in [1.165, 1.54) is 7.11 Å². The minimum absolute atomic E-state index is 0.0643.